The van der Waals surface area contributed by atoms with Crippen LogP contribution in [-0.4, -0.2) is 72.2 Å². The monoisotopic (exact) mass is 545 g/mol. The van der Waals surface area contributed by atoms with Crippen molar-refractivity contribution in [1.29, 1.82) is 0 Å². The van der Waals surface area contributed by atoms with E-state index in [9.17, 15) is 32.2 Å². The highest BCUT2D eigenvalue weighted by Gasteiger charge is 2.66. The lowest BCUT2D eigenvalue weighted by Gasteiger charge is -2.63. The second kappa shape index (κ2) is 9.39. The standard InChI is InChI=1S/C28H45F2NO5S/c1-17(4-7-24(34)31-10-12-37(35,36)13-11-31)19-5-6-20-25-21(8-9-26(19,20)2)27(3)16-28(29,30)23(33)15-18(27)14-22(25)32/h17-23,25,32-33H,4-16H2,1-3H3/t17-,18-,19-,20?,21?,22+,23-,25?,26-,27+/m1/s1. The topological polar surface area (TPSA) is 94.9 Å². The Morgan fingerprint density at radius 3 is 2.35 bits per heavy atom. The molecule has 4 aliphatic carbocycles. The van der Waals surface area contributed by atoms with Gasteiger partial charge in [0, 0.05) is 25.9 Å². The Kier molecular flexibility index (Phi) is 7.05. The molecule has 1 saturated heterocycles. The third-order valence-corrected chi connectivity index (χ3v) is 13.6. The molecule has 9 heteroatoms. The van der Waals surface area contributed by atoms with Crippen LogP contribution in [-0.2, 0) is 14.6 Å². The summed E-state index contributed by atoms with van der Waals surface area (Å²) < 4.78 is 52.8. The van der Waals surface area contributed by atoms with Crippen LogP contribution in [0.25, 0.3) is 0 Å². The van der Waals surface area contributed by atoms with E-state index in [1.807, 2.05) is 6.92 Å². The van der Waals surface area contributed by atoms with Crippen molar-refractivity contribution in [3.63, 3.8) is 0 Å². The number of carbonyl (C=O) groups is 1. The van der Waals surface area contributed by atoms with Gasteiger partial charge in [0.25, 0.3) is 5.92 Å². The van der Waals surface area contributed by atoms with Gasteiger partial charge in [-0.1, -0.05) is 20.8 Å². The lowest BCUT2D eigenvalue weighted by molar-refractivity contribution is -0.236. The summed E-state index contributed by atoms with van der Waals surface area (Å²) in [5.74, 6) is -1.93. The van der Waals surface area contributed by atoms with Crippen LogP contribution in [0.2, 0.25) is 0 Å². The molecule has 37 heavy (non-hydrogen) atoms. The molecule has 0 aromatic rings. The number of nitrogens with zero attached hydrogens (tertiary/aromatic N) is 1. The molecule has 6 nitrogen and oxygen atoms in total. The van der Waals surface area contributed by atoms with Gasteiger partial charge in [-0.15, -0.1) is 0 Å². The number of aliphatic hydroxyl groups is 2. The summed E-state index contributed by atoms with van der Waals surface area (Å²) in [6, 6.07) is 0. The largest absolute Gasteiger partial charge is 0.393 e. The Balaban J connectivity index is 1.26. The predicted octanol–water partition coefficient (Wildman–Crippen LogP) is 3.90. The van der Waals surface area contributed by atoms with Crippen LogP contribution >= 0.6 is 0 Å². The first-order valence-electron chi connectivity index (χ1n) is 14.4. The van der Waals surface area contributed by atoms with Gasteiger partial charge in [-0.05, 0) is 91.3 Å². The molecule has 5 fully saturated rings. The number of alkyl halides is 2. The zero-order chi connectivity index (χ0) is 27.0. The zero-order valence-corrected chi connectivity index (χ0v) is 23.4. The van der Waals surface area contributed by atoms with Crippen LogP contribution in [0.15, 0.2) is 0 Å². The maximum atomic E-state index is 14.7. The van der Waals surface area contributed by atoms with Crippen molar-refractivity contribution in [2.24, 2.45) is 46.3 Å². The molecule has 1 amide bonds. The molecule has 1 heterocycles. The Morgan fingerprint density at radius 1 is 1.03 bits per heavy atom. The second-order valence-corrected chi connectivity index (χ2v) is 16.1. The van der Waals surface area contributed by atoms with E-state index in [4.69, 9.17) is 0 Å². The van der Waals surface area contributed by atoms with Crippen LogP contribution in [0.4, 0.5) is 8.78 Å². The first kappa shape index (κ1) is 27.8. The predicted molar refractivity (Wildman–Crippen MR) is 137 cm³/mol. The van der Waals surface area contributed by atoms with Gasteiger partial charge < -0.3 is 15.1 Å². The van der Waals surface area contributed by atoms with Crippen molar-refractivity contribution in [3.05, 3.63) is 0 Å². The molecule has 1 aliphatic heterocycles. The van der Waals surface area contributed by atoms with Crippen LogP contribution in [0, 0.1) is 46.3 Å². The molecule has 5 aliphatic rings. The molecule has 0 radical (unpaired) electrons. The Labute approximate surface area is 220 Å². The Hall–Kier alpha value is -0.800. The van der Waals surface area contributed by atoms with Gasteiger partial charge in [0.15, 0.2) is 9.84 Å². The third-order valence-electron chi connectivity index (χ3n) is 12.0. The summed E-state index contributed by atoms with van der Waals surface area (Å²) in [6.07, 6.45) is 3.13. The van der Waals surface area contributed by atoms with Crippen molar-refractivity contribution >= 4 is 15.7 Å². The smallest absolute Gasteiger partial charge is 0.274 e. The quantitative estimate of drug-likeness (QED) is 0.559. The molecule has 0 spiro atoms. The van der Waals surface area contributed by atoms with Gasteiger partial charge in [-0.25, -0.2) is 17.2 Å². The Morgan fingerprint density at radius 2 is 1.68 bits per heavy atom. The molecular weight excluding hydrogens is 500 g/mol. The summed E-state index contributed by atoms with van der Waals surface area (Å²) in [5, 5.41) is 21.4. The van der Waals surface area contributed by atoms with Crippen molar-refractivity contribution in [2.45, 2.75) is 96.7 Å². The van der Waals surface area contributed by atoms with Gasteiger partial charge >= 0.3 is 0 Å². The number of aliphatic hydroxyl groups excluding tert-OH is 2. The maximum absolute atomic E-state index is 14.7. The van der Waals surface area contributed by atoms with Crippen LogP contribution in [0.5, 0.6) is 0 Å². The summed E-state index contributed by atoms with van der Waals surface area (Å²) in [6.45, 7) is 7.12. The van der Waals surface area contributed by atoms with Crippen LogP contribution < -0.4 is 0 Å². The van der Waals surface area contributed by atoms with Gasteiger partial charge in [0.1, 0.15) is 6.10 Å². The molecule has 3 unspecified atom stereocenters. The first-order valence-corrected chi connectivity index (χ1v) is 16.2. The summed E-state index contributed by atoms with van der Waals surface area (Å²) in [4.78, 5) is 14.5. The molecule has 5 rings (SSSR count). The van der Waals surface area contributed by atoms with Crippen LogP contribution in [0.3, 0.4) is 0 Å². The minimum absolute atomic E-state index is 0.0140. The maximum Gasteiger partial charge on any atom is 0.274 e. The second-order valence-electron chi connectivity index (χ2n) is 13.8. The normalized spacial score (nSPS) is 47.4. The molecule has 0 aromatic heterocycles. The number of rotatable bonds is 4. The van der Waals surface area contributed by atoms with Crippen molar-refractivity contribution in [1.82, 2.24) is 4.90 Å². The zero-order valence-electron chi connectivity index (χ0n) is 22.5. The first-order chi connectivity index (χ1) is 17.2. The highest BCUT2D eigenvalue weighted by molar-refractivity contribution is 7.91. The molecule has 0 bridgehead atoms. The van der Waals surface area contributed by atoms with E-state index < -0.39 is 33.4 Å². The lowest BCUT2D eigenvalue weighted by Crippen LogP contribution is -2.62. The third kappa shape index (κ3) is 4.66. The number of amides is 1. The van der Waals surface area contributed by atoms with E-state index in [-0.39, 0.29) is 72.4 Å². The SMILES string of the molecule is C[C@H](CCC(=O)N1CCS(=O)(=O)CC1)[C@H]1CCC2C3C(CC[C@@]21C)[C@@]1(C)CC(F)(F)[C@H](O)C[C@H]1C[C@@H]3O. The molecule has 2 N–H and O–H groups in total. The van der Waals surface area contributed by atoms with E-state index in [1.54, 1.807) is 4.90 Å². The number of sulfone groups is 1. The average Bonchev–Trinajstić information content (AvgIpc) is 3.16. The fourth-order valence-electron chi connectivity index (χ4n) is 9.88. The van der Waals surface area contributed by atoms with E-state index in [0.717, 1.165) is 32.1 Å². The summed E-state index contributed by atoms with van der Waals surface area (Å²) >= 11 is 0. The fourth-order valence-corrected chi connectivity index (χ4v) is 11.1. The summed E-state index contributed by atoms with van der Waals surface area (Å²) in [7, 11) is -3.02. The highest BCUT2D eigenvalue weighted by atomic mass is 32.2. The van der Waals surface area contributed by atoms with Gasteiger partial charge in [0.2, 0.25) is 5.91 Å². The van der Waals surface area contributed by atoms with E-state index in [1.165, 1.54) is 0 Å². The van der Waals surface area contributed by atoms with Crippen molar-refractivity contribution in [3.8, 4) is 0 Å². The van der Waals surface area contributed by atoms with Crippen LogP contribution in [0.1, 0.15) is 78.6 Å². The molecule has 212 valence electrons. The molecule has 0 aromatic carbocycles. The molecule has 10 atom stereocenters. The van der Waals surface area contributed by atoms with E-state index in [2.05, 4.69) is 13.8 Å². The minimum Gasteiger partial charge on any atom is -0.393 e. The van der Waals surface area contributed by atoms with E-state index in [0.29, 0.717) is 24.7 Å². The number of hydrogen-bond acceptors (Lipinski definition) is 5. The fraction of sp³-hybridized carbons (Fsp3) is 0.964. The van der Waals surface area contributed by atoms with Crippen molar-refractivity contribution in [2.75, 3.05) is 24.6 Å². The minimum atomic E-state index is -3.07. The molecular formula is C28H45F2NO5S. The number of fused-ring (bicyclic) bond motifs is 5. The van der Waals surface area contributed by atoms with Gasteiger partial charge in [-0.2, -0.15) is 0 Å². The highest BCUT2D eigenvalue weighted by Crippen LogP contribution is 2.69. The summed E-state index contributed by atoms with van der Waals surface area (Å²) in [5.41, 5.74) is -0.546. The number of carbonyl (C=O) groups excluding carboxylic acids is 1. The van der Waals surface area contributed by atoms with Gasteiger partial charge in [0.05, 0.1) is 17.6 Å². The lowest BCUT2D eigenvalue weighted by atomic mass is 9.43. The van der Waals surface area contributed by atoms with Crippen molar-refractivity contribution < 1.29 is 32.2 Å². The van der Waals surface area contributed by atoms with E-state index >= 15 is 0 Å². The van der Waals surface area contributed by atoms with Gasteiger partial charge in [-0.3, -0.25) is 4.79 Å². The molecule has 4 saturated carbocycles. The number of halogens is 2. The number of hydrogen-bond donors (Lipinski definition) is 2. The average molecular weight is 546 g/mol. The Bertz CT molecular complexity index is 993.